The summed E-state index contributed by atoms with van der Waals surface area (Å²) < 4.78 is 5.23. The molecule has 0 atom stereocenters. The average Bonchev–Trinajstić information content (AvgIpc) is 2.66. The van der Waals surface area contributed by atoms with E-state index in [9.17, 15) is 14.4 Å². The minimum Gasteiger partial charge on any atom is -0.444 e. The van der Waals surface area contributed by atoms with E-state index in [0.717, 1.165) is 0 Å². The van der Waals surface area contributed by atoms with Gasteiger partial charge in [-0.05, 0) is 71.3 Å². The molecule has 170 valence electrons. The number of nitrogens with zero attached hydrogens (tertiary/aromatic N) is 1. The van der Waals surface area contributed by atoms with Crippen LogP contribution in [0.2, 0.25) is 0 Å². The third-order valence-electron chi connectivity index (χ3n) is 3.90. The number of ether oxygens (including phenoxy) is 1. The molecule has 0 saturated heterocycles. The van der Waals surface area contributed by atoms with Crippen LogP contribution in [-0.2, 0) is 9.53 Å². The van der Waals surface area contributed by atoms with Gasteiger partial charge in [-0.2, -0.15) is 0 Å². The fraction of sp³-hybridized carbons (Fsp3) is 0.292. The molecular weight excluding hydrogens is 408 g/mol. The second-order valence-electron chi connectivity index (χ2n) is 8.40. The highest BCUT2D eigenvalue weighted by Crippen LogP contribution is 2.18. The van der Waals surface area contributed by atoms with Gasteiger partial charge in [0.1, 0.15) is 5.60 Å². The molecule has 0 aromatic heterocycles. The van der Waals surface area contributed by atoms with Crippen molar-refractivity contribution in [2.45, 2.75) is 26.4 Å². The van der Waals surface area contributed by atoms with Crippen LogP contribution in [0.15, 0.2) is 60.7 Å². The third-order valence-corrected chi connectivity index (χ3v) is 3.90. The molecule has 0 fully saturated rings. The van der Waals surface area contributed by atoms with Gasteiger partial charge in [-0.25, -0.2) is 4.79 Å². The second kappa shape index (κ2) is 11.1. The first kappa shape index (κ1) is 24.6. The highest BCUT2D eigenvalue weighted by molar-refractivity contribution is 6.06. The largest absolute Gasteiger partial charge is 0.444 e. The summed E-state index contributed by atoms with van der Waals surface area (Å²) in [6.45, 7) is 5.98. The van der Waals surface area contributed by atoms with E-state index < -0.39 is 11.7 Å². The zero-order chi connectivity index (χ0) is 23.7. The van der Waals surface area contributed by atoms with Gasteiger partial charge in [0.25, 0.3) is 5.91 Å². The Balaban J connectivity index is 2.01. The van der Waals surface area contributed by atoms with E-state index in [1.165, 1.54) is 6.08 Å². The molecule has 2 aromatic carbocycles. The molecule has 8 heteroatoms. The number of likely N-dealkylation sites (N-methyl/N-ethyl adjacent to an activating group) is 1. The van der Waals surface area contributed by atoms with Gasteiger partial charge in [-0.1, -0.05) is 18.2 Å². The van der Waals surface area contributed by atoms with Crippen molar-refractivity contribution in [1.29, 1.82) is 0 Å². The van der Waals surface area contributed by atoms with Crippen molar-refractivity contribution < 1.29 is 19.1 Å². The molecule has 0 saturated carbocycles. The molecule has 0 spiro atoms. The van der Waals surface area contributed by atoms with E-state index in [4.69, 9.17) is 4.74 Å². The van der Waals surface area contributed by atoms with E-state index in [1.807, 2.05) is 19.0 Å². The monoisotopic (exact) mass is 438 g/mol. The number of hydrogen-bond acceptors (Lipinski definition) is 5. The Bertz CT molecular complexity index is 993. The number of carbonyl (C=O) groups is 3. The minimum atomic E-state index is -0.613. The van der Waals surface area contributed by atoms with Crippen LogP contribution in [0.3, 0.4) is 0 Å². The van der Waals surface area contributed by atoms with Crippen LogP contribution < -0.4 is 16.0 Å². The number of nitrogens with one attached hydrogen (secondary N) is 3. The molecule has 8 nitrogen and oxygen atoms in total. The van der Waals surface area contributed by atoms with Crippen LogP contribution >= 0.6 is 0 Å². The number of hydrogen-bond donors (Lipinski definition) is 3. The third kappa shape index (κ3) is 9.01. The number of anilines is 3. The van der Waals surface area contributed by atoms with Crippen LogP contribution in [0, 0.1) is 0 Å². The summed E-state index contributed by atoms with van der Waals surface area (Å²) in [4.78, 5) is 38.6. The molecule has 0 heterocycles. The van der Waals surface area contributed by atoms with Gasteiger partial charge in [0.2, 0.25) is 5.91 Å². The summed E-state index contributed by atoms with van der Waals surface area (Å²) in [6.07, 6.45) is 2.63. The van der Waals surface area contributed by atoms with E-state index in [-0.39, 0.29) is 11.8 Å². The maximum absolute atomic E-state index is 12.7. The van der Waals surface area contributed by atoms with Crippen molar-refractivity contribution in [3.63, 3.8) is 0 Å². The van der Waals surface area contributed by atoms with E-state index in [2.05, 4.69) is 16.0 Å². The lowest BCUT2D eigenvalue weighted by atomic mass is 10.1. The summed E-state index contributed by atoms with van der Waals surface area (Å²) >= 11 is 0. The molecule has 2 aromatic rings. The van der Waals surface area contributed by atoms with E-state index >= 15 is 0 Å². The summed E-state index contributed by atoms with van der Waals surface area (Å²) in [5, 5.41) is 8.16. The average molecular weight is 439 g/mol. The Labute approximate surface area is 188 Å². The maximum atomic E-state index is 12.7. The topological polar surface area (TPSA) is 99.8 Å². The Morgan fingerprint density at radius 1 is 0.906 bits per heavy atom. The van der Waals surface area contributed by atoms with Crippen LogP contribution in [0.25, 0.3) is 0 Å². The molecule has 0 radical (unpaired) electrons. The Kier molecular flexibility index (Phi) is 8.54. The van der Waals surface area contributed by atoms with E-state index in [1.54, 1.807) is 75.4 Å². The van der Waals surface area contributed by atoms with Crippen LogP contribution in [0.1, 0.15) is 31.1 Å². The van der Waals surface area contributed by atoms with Crippen LogP contribution in [-0.4, -0.2) is 49.0 Å². The summed E-state index contributed by atoms with van der Waals surface area (Å²) in [5.74, 6) is -0.621. The Morgan fingerprint density at radius 2 is 1.50 bits per heavy atom. The van der Waals surface area contributed by atoms with E-state index in [0.29, 0.717) is 29.2 Å². The molecule has 3 amide bonds. The van der Waals surface area contributed by atoms with Crippen molar-refractivity contribution in [3.05, 3.63) is 66.2 Å². The fourth-order valence-electron chi connectivity index (χ4n) is 2.59. The van der Waals surface area contributed by atoms with Crippen molar-refractivity contribution in [2.75, 3.05) is 36.6 Å². The standard InChI is InChI=1S/C24H30N4O4/c1-24(2,3)32-23(31)27-20-12-7-11-19(16-20)26-22(30)17-9-6-10-18(15-17)25-21(29)13-8-14-28(4)5/h6-13,15-16H,14H2,1-5H3,(H,25,29)(H,26,30)(H,27,31). The first-order valence-electron chi connectivity index (χ1n) is 10.2. The van der Waals surface area contributed by atoms with Gasteiger partial charge in [0, 0.05) is 35.2 Å². The second-order valence-corrected chi connectivity index (χ2v) is 8.40. The lowest BCUT2D eigenvalue weighted by Crippen LogP contribution is -2.27. The smallest absolute Gasteiger partial charge is 0.412 e. The lowest BCUT2D eigenvalue weighted by Gasteiger charge is -2.19. The number of benzene rings is 2. The summed E-state index contributed by atoms with van der Waals surface area (Å²) in [6, 6.07) is 13.4. The highest BCUT2D eigenvalue weighted by atomic mass is 16.6. The Morgan fingerprint density at radius 3 is 2.12 bits per heavy atom. The summed E-state index contributed by atoms with van der Waals surface area (Å²) in [5.41, 5.74) is 1.27. The first-order chi connectivity index (χ1) is 15.0. The van der Waals surface area contributed by atoms with Crippen molar-refractivity contribution in [3.8, 4) is 0 Å². The first-order valence-corrected chi connectivity index (χ1v) is 10.2. The summed E-state index contributed by atoms with van der Waals surface area (Å²) in [7, 11) is 3.82. The van der Waals surface area contributed by atoms with Gasteiger partial charge in [0.15, 0.2) is 0 Å². The van der Waals surface area contributed by atoms with Gasteiger partial charge in [-0.15, -0.1) is 0 Å². The predicted molar refractivity (Wildman–Crippen MR) is 127 cm³/mol. The predicted octanol–water partition coefficient (Wildman–Crippen LogP) is 4.34. The number of carbonyl (C=O) groups excluding carboxylic acids is 3. The fourth-order valence-corrected chi connectivity index (χ4v) is 2.59. The van der Waals surface area contributed by atoms with Gasteiger partial charge >= 0.3 is 6.09 Å². The molecular formula is C24H30N4O4. The van der Waals surface area contributed by atoms with Gasteiger partial charge < -0.3 is 20.3 Å². The van der Waals surface area contributed by atoms with Crippen molar-refractivity contribution in [2.24, 2.45) is 0 Å². The van der Waals surface area contributed by atoms with Gasteiger partial charge in [0.05, 0.1) is 0 Å². The van der Waals surface area contributed by atoms with Crippen molar-refractivity contribution in [1.82, 2.24) is 4.90 Å². The van der Waals surface area contributed by atoms with Crippen LogP contribution in [0.4, 0.5) is 21.9 Å². The van der Waals surface area contributed by atoms with Crippen molar-refractivity contribution >= 4 is 35.0 Å². The molecule has 3 N–H and O–H groups in total. The molecule has 0 unspecified atom stereocenters. The molecule has 0 bridgehead atoms. The molecule has 2 rings (SSSR count). The molecule has 0 aliphatic carbocycles. The lowest BCUT2D eigenvalue weighted by molar-refractivity contribution is -0.111. The number of amides is 3. The minimum absolute atomic E-state index is 0.273. The highest BCUT2D eigenvalue weighted by Gasteiger charge is 2.16. The SMILES string of the molecule is CN(C)CC=CC(=O)Nc1cccc(C(=O)Nc2cccc(NC(=O)OC(C)(C)C)c2)c1. The number of rotatable bonds is 7. The molecule has 32 heavy (non-hydrogen) atoms. The molecule has 0 aliphatic rings. The normalized spacial score (nSPS) is 11.3. The molecule has 0 aliphatic heterocycles. The maximum Gasteiger partial charge on any atom is 0.412 e. The van der Waals surface area contributed by atoms with Crippen LogP contribution in [0.5, 0.6) is 0 Å². The zero-order valence-corrected chi connectivity index (χ0v) is 19.1. The Hall–Kier alpha value is -3.65. The quantitative estimate of drug-likeness (QED) is 0.559. The zero-order valence-electron chi connectivity index (χ0n) is 19.1. The van der Waals surface area contributed by atoms with Gasteiger partial charge in [-0.3, -0.25) is 14.9 Å².